The number of hydrogen-bond donors (Lipinski definition) is 1. The highest BCUT2D eigenvalue weighted by Gasteiger charge is 2.13. The second kappa shape index (κ2) is 7.25. The van der Waals surface area contributed by atoms with Crippen LogP contribution in [0.25, 0.3) is 0 Å². The molecule has 0 amide bonds. The van der Waals surface area contributed by atoms with Crippen LogP contribution < -0.4 is 5.32 Å². The van der Waals surface area contributed by atoms with Gasteiger partial charge in [0.25, 0.3) is 0 Å². The van der Waals surface area contributed by atoms with Crippen LogP contribution in [0.5, 0.6) is 0 Å². The van der Waals surface area contributed by atoms with E-state index in [1.165, 1.54) is 6.26 Å². The quantitative estimate of drug-likeness (QED) is 0.641. The summed E-state index contributed by atoms with van der Waals surface area (Å²) in [5.74, 6) is 0.827. The van der Waals surface area contributed by atoms with Crippen LogP contribution in [0.2, 0.25) is 0 Å². The molecule has 1 atom stereocenters. The van der Waals surface area contributed by atoms with Crippen molar-refractivity contribution in [2.45, 2.75) is 26.3 Å². The van der Waals surface area contributed by atoms with Crippen LogP contribution in [-0.4, -0.2) is 58.6 Å². The molecule has 1 N–H and O–H groups in total. The number of nitrogens with zero attached hydrogens (tertiary/aromatic N) is 1. The minimum Gasteiger partial charge on any atom is -0.312 e. The van der Waals surface area contributed by atoms with Crippen molar-refractivity contribution < 1.29 is 8.42 Å². The van der Waals surface area contributed by atoms with Crippen LogP contribution in [0.15, 0.2) is 0 Å². The van der Waals surface area contributed by atoms with Crippen LogP contribution in [0.4, 0.5) is 0 Å². The fourth-order valence-corrected chi connectivity index (χ4v) is 2.19. The largest absolute Gasteiger partial charge is 0.312 e. The summed E-state index contributed by atoms with van der Waals surface area (Å²) in [5.41, 5.74) is 0. The molecule has 0 heterocycles. The van der Waals surface area contributed by atoms with Gasteiger partial charge in [-0.2, -0.15) is 0 Å². The van der Waals surface area contributed by atoms with Gasteiger partial charge in [0.05, 0.1) is 5.75 Å². The van der Waals surface area contributed by atoms with E-state index in [1.54, 1.807) is 0 Å². The predicted octanol–water partition coefficient (Wildman–Crippen LogP) is 0.597. The molecule has 0 aromatic rings. The first-order chi connectivity index (χ1) is 7.22. The average Bonchev–Trinajstić information content (AvgIpc) is 2.07. The van der Waals surface area contributed by atoms with Gasteiger partial charge >= 0.3 is 0 Å². The predicted molar refractivity (Wildman–Crippen MR) is 69.5 cm³/mol. The zero-order chi connectivity index (χ0) is 12.8. The van der Waals surface area contributed by atoms with Crippen molar-refractivity contribution in [2.75, 3.05) is 39.2 Å². The smallest absolute Gasteiger partial charge is 0.147 e. The second-order valence-electron chi connectivity index (χ2n) is 5.05. The highest BCUT2D eigenvalue weighted by atomic mass is 32.2. The van der Waals surface area contributed by atoms with E-state index in [2.05, 4.69) is 24.1 Å². The maximum absolute atomic E-state index is 11.0. The molecule has 0 aliphatic carbocycles. The van der Waals surface area contributed by atoms with Crippen molar-refractivity contribution >= 4 is 9.84 Å². The molecular weight excluding hydrogens is 224 g/mol. The molecule has 0 fully saturated rings. The Balaban J connectivity index is 3.86. The standard InChI is InChI=1S/C11H26N2O2S/c1-10(2)11(9-13(3)4)12-7-6-8-16(5,14)15/h10-12H,6-9H2,1-5H3. The fraction of sp³-hybridized carbons (Fsp3) is 1.00. The molecule has 0 aromatic heterocycles. The van der Waals surface area contributed by atoms with Crippen LogP contribution in [0, 0.1) is 5.92 Å². The Labute approximate surface area is 100 Å². The van der Waals surface area contributed by atoms with Crippen LogP contribution in [0.1, 0.15) is 20.3 Å². The van der Waals surface area contributed by atoms with Crippen molar-refractivity contribution in [2.24, 2.45) is 5.92 Å². The van der Waals surface area contributed by atoms with Crippen molar-refractivity contribution in [3.05, 3.63) is 0 Å². The third kappa shape index (κ3) is 9.12. The summed E-state index contributed by atoms with van der Waals surface area (Å²) in [5, 5.41) is 3.42. The lowest BCUT2D eigenvalue weighted by Crippen LogP contribution is -2.42. The molecule has 98 valence electrons. The number of sulfone groups is 1. The van der Waals surface area contributed by atoms with Crippen molar-refractivity contribution in [3.8, 4) is 0 Å². The van der Waals surface area contributed by atoms with Crippen molar-refractivity contribution in [1.82, 2.24) is 10.2 Å². The Morgan fingerprint density at radius 1 is 1.25 bits per heavy atom. The molecule has 0 saturated carbocycles. The van der Waals surface area contributed by atoms with Gasteiger partial charge in [0.15, 0.2) is 0 Å². The Hall–Kier alpha value is -0.130. The van der Waals surface area contributed by atoms with Gasteiger partial charge in [0.1, 0.15) is 9.84 Å². The molecule has 0 saturated heterocycles. The third-order valence-corrected chi connectivity index (χ3v) is 3.50. The Kier molecular flexibility index (Phi) is 7.19. The topological polar surface area (TPSA) is 49.4 Å². The van der Waals surface area contributed by atoms with Gasteiger partial charge in [-0.25, -0.2) is 8.42 Å². The Morgan fingerprint density at radius 3 is 2.19 bits per heavy atom. The minimum absolute atomic E-state index is 0.271. The first kappa shape index (κ1) is 15.9. The lowest BCUT2D eigenvalue weighted by molar-refractivity contribution is 0.290. The molecule has 0 radical (unpaired) electrons. The summed E-state index contributed by atoms with van der Waals surface area (Å²) >= 11 is 0. The molecule has 0 spiro atoms. The summed E-state index contributed by atoms with van der Waals surface area (Å²) in [6.45, 7) is 6.11. The summed E-state index contributed by atoms with van der Waals surface area (Å²) < 4.78 is 21.9. The zero-order valence-corrected chi connectivity index (χ0v) is 12.0. The number of likely N-dealkylation sites (N-methyl/N-ethyl adjacent to an activating group) is 1. The summed E-state index contributed by atoms with van der Waals surface area (Å²) in [6.07, 6.45) is 1.97. The highest BCUT2D eigenvalue weighted by molar-refractivity contribution is 7.90. The van der Waals surface area contributed by atoms with Gasteiger partial charge in [-0.3, -0.25) is 0 Å². The van der Waals surface area contributed by atoms with E-state index in [-0.39, 0.29) is 5.75 Å². The molecule has 0 aromatic carbocycles. The van der Waals surface area contributed by atoms with E-state index < -0.39 is 9.84 Å². The lowest BCUT2D eigenvalue weighted by atomic mass is 10.0. The summed E-state index contributed by atoms with van der Waals surface area (Å²) in [4.78, 5) is 2.15. The zero-order valence-electron chi connectivity index (χ0n) is 11.2. The van der Waals surface area contributed by atoms with E-state index in [0.29, 0.717) is 18.4 Å². The Bertz CT molecular complexity index is 274. The van der Waals surface area contributed by atoms with Crippen LogP contribution >= 0.6 is 0 Å². The molecule has 0 rings (SSSR count). The monoisotopic (exact) mass is 250 g/mol. The molecule has 0 aliphatic heterocycles. The van der Waals surface area contributed by atoms with Crippen molar-refractivity contribution in [1.29, 1.82) is 0 Å². The summed E-state index contributed by atoms with van der Waals surface area (Å²) in [7, 11) is 1.28. The normalized spacial score (nSPS) is 14.7. The van der Waals surface area contributed by atoms with Gasteiger partial charge in [-0.15, -0.1) is 0 Å². The minimum atomic E-state index is -2.82. The van der Waals surface area contributed by atoms with E-state index >= 15 is 0 Å². The average molecular weight is 250 g/mol. The van der Waals surface area contributed by atoms with Gasteiger partial charge in [0.2, 0.25) is 0 Å². The first-order valence-electron chi connectivity index (χ1n) is 5.78. The molecule has 1 unspecified atom stereocenters. The molecule has 16 heavy (non-hydrogen) atoms. The van der Waals surface area contributed by atoms with E-state index in [1.807, 2.05) is 14.1 Å². The first-order valence-corrected chi connectivity index (χ1v) is 7.84. The third-order valence-electron chi connectivity index (χ3n) is 2.47. The maximum atomic E-state index is 11.0. The SMILES string of the molecule is CC(C)C(CN(C)C)NCCCS(C)(=O)=O. The molecule has 0 bridgehead atoms. The van der Waals surface area contributed by atoms with E-state index in [0.717, 1.165) is 13.1 Å². The van der Waals surface area contributed by atoms with Gasteiger partial charge in [-0.05, 0) is 33.0 Å². The van der Waals surface area contributed by atoms with E-state index in [4.69, 9.17) is 0 Å². The van der Waals surface area contributed by atoms with Crippen LogP contribution in [-0.2, 0) is 9.84 Å². The second-order valence-corrected chi connectivity index (χ2v) is 7.31. The van der Waals surface area contributed by atoms with Gasteiger partial charge in [-0.1, -0.05) is 13.8 Å². The lowest BCUT2D eigenvalue weighted by Gasteiger charge is -2.25. The number of hydrogen-bond acceptors (Lipinski definition) is 4. The van der Waals surface area contributed by atoms with Gasteiger partial charge < -0.3 is 10.2 Å². The molecule has 5 heteroatoms. The van der Waals surface area contributed by atoms with Crippen LogP contribution in [0.3, 0.4) is 0 Å². The maximum Gasteiger partial charge on any atom is 0.147 e. The fourth-order valence-electron chi connectivity index (χ4n) is 1.53. The molecule has 0 aliphatic rings. The molecule has 4 nitrogen and oxygen atoms in total. The van der Waals surface area contributed by atoms with Crippen molar-refractivity contribution in [3.63, 3.8) is 0 Å². The summed E-state index contributed by atoms with van der Waals surface area (Å²) in [6, 6.07) is 0.426. The number of nitrogens with one attached hydrogen (secondary N) is 1. The Morgan fingerprint density at radius 2 is 1.81 bits per heavy atom. The molecular formula is C11H26N2O2S. The van der Waals surface area contributed by atoms with Gasteiger partial charge in [0, 0.05) is 18.8 Å². The highest BCUT2D eigenvalue weighted by Crippen LogP contribution is 2.02. The van der Waals surface area contributed by atoms with E-state index in [9.17, 15) is 8.42 Å². The number of rotatable bonds is 8.